The molecule has 0 saturated carbocycles. The summed E-state index contributed by atoms with van der Waals surface area (Å²) in [5.74, 6) is -0.544. The molecule has 0 radical (unpaired) electrons. The zero-order valence-electron chi connectivity index (χ0n) is 17.5. The van der Waals surface area contributed by atoms with Crippen molar-refractivity contribution in [2.75, 3.05) is 25.0 Å². The first-order valence-corrected chi connectivity index (χ1v) is 11.1. The fourth-order valence-electron chi connectivity index (χ4n) is 5.88. The van der Waals surface area contributed by atoms with Crippen molar-refractivity contribution < 1.29 is 14.0 Å². The molecule has 2 atom stereocenters. The van der Waals surface area contributed by atoms with E-state index in [0.29, 0.717) is 16.8 Å². The Kier molecular flexibility index (Phi) is 4.12. The third-order valence-corrected chi connectivity index (χ3v) is 7.34. The lowest BCUT2D eigenvalue weighted by Crippen LogP contribution is -2.49. The molecule has 4 aliphatic rings. The van der Waals surface area contributed by atoms with Crippen LogP contribution in [0.15, 0.2) is 18.2 Å². The Morgan fingerprint density at radius 1 is 1.13 bits per heavy atom. The summed E-state index contributed by atoms with van der Waals surface area (Å²) < 4.78 is 13.8. The predicted molar refractivity (Wildman–Crippen MR) is 116 cm³/mol. The first-order valence-electron chi connectivity index (χ1n) is 11.1. The maximum Gasteiger partial charge on any atom is 0.256 e. The van der Waals surface area contributed by atoms with E-state index in [-0.39, 0.29) is 29.7 Å². The van der Waals surface area contributed by atoms with Gasteiger partial charge in [-0.25, -0.2) is 4.39 Å². The standard InChI is InChI=1S/C24H25FN4O2/c1-13-18(12-16-15-11-14(25)6-7-17(15)27-23(16)30)26-21-20(13)24(31)29-10-4-5-19(29)22(21)28-8-2-3-9-28/h6-7,11-12,19,22,26H,2-5,8-10H2,1H3,(H,27,30)/t19-,22?/m0/s1. The van der Waals surface area contributed by atoms with Crippen molar-refractivity contribution in [1.29, 1.82) is 0 Å². The van der Waals surface area contributed by atoms with Crippen LogP contribution in [0.2, 0.25) is 0 Å². The molecule has 6 rings (SSSR count). The van der Waals surface area contributed by atoms with Gasteiger partial charge in [-0.15, -0.1) is 0 Å². The number of likely N-dealkylation sites (tertiary alicyclic amines) is 1. The van der Waals surface area contributed by atoms with Gasteiger partial charge in [0.15, 0.2) is 0 Å². The maximum atomic E-state index is 13.8. The molecule has 1 unspecified atom stereocenters. The summed E-state index contributed by atoms with van der Waals surface area (Å²) in [5.41, 5.74) is 4.93. The minimum absolute atomic E-state index is 0.0914. The number of hydrogen-bond donors (Lipinski definition) is 2. The van der Waals surface area contributed by atoms with E-state index in [2.05, 4.69) is 20.1 Å². The van der Waals surface area contributed by atoms with Gasteiger partial charge in [-0.2, -0.15) is 0 Å². The number of carbonyl (C=O) groups excluding carboxylic acids is 2. The van der Waals surface area contributed by atoms with E-state index in [4.69, 9.17) is 0 Å². The van der Waals surface area contributed by atoms with Gasteiger partial charge in [0.05, 0.1) is 23.2 Å². The molecule has 7 heteroatoms. The van der Waals surface area contributed by atoms with Gasteiger partial charge in [0.25, 0.3) is 11.8 Å². The summed E-state index contributed by atoms with van der Waals surface area (Å²) in [7, 11) is 0. The second-order valence-corrected chi connectivity index (χ2v) is 9.05. The lowest BCUT2D eigenvalue weighted by atomic mass is 9.91. The Balaban J connectivity index is 1.49. The van der Waals surface area contributed by atoms with Crippen LogP contribution in [-0.4, -0.2) is 52.3 Å². The highest BCUT2D eigenvalue weighted by Crippen LogP contribution is 2.44. The van der Waals surface area contributed by atoms with Crippen molar-refractivity contribution >= 4 is 29.2 Å². The number of hydrogen-bond acceptors (Lipinski definition) is 3. The molecule has 6 nitrogen and oxygen atoms in total. The molecule has 1 aromatic heterocycles. The highest BCUT2D eigenvalue weighted by Gasteiger charge is 2.47. The molecule has 160 valence electrons. The monoisotopic (exact) mass is 420 g/mol. The van der Waals surface area contributed by atoms with Crippen LogP contribution in [0.4, 0.5) is 10.1 Å². The van der Waals surface area contributed by atoms with Gasteiger partial charge in [0.1, 0.15) is 5.82 Å². The van der Waals surface area contributed by atoms with Crippen LogP contribution in [0.3, 0.4) is 0 Å². The smallest absolute Gasteiger partial charge is 0.256 e. The van der Waals surface area contributed by atoms with Crippen molar-refractivity contribution in [1.82, 2.24) is 14.8 Å². The number of aromatic nitrogens is 1. The van der Waals surface area contributed by atoms with Crippen molar-refractivity contribution in [3.63, 3.8) is 0 Å². The molecule has 2 amide bonds. The fraction of sp³-hybridized carbons (Fsp3) is 0.417. The molecule has 0 aliphatic carbocycles. The first-order chi connectivity index (χ1) is 15.0. The SMILES string of the molecule is Cc1c(C=C2C(=O)Nc3ccc(F)cc32)[nH]c2c1C(=O)N1CCC[C@H]1C2N1CCCC1. The van der Waals surface area contributed by atoms with Crippen LogP contribution in [-0.2, 0) is 4.79 Å². The Bertz CT molecular complexity index is 1140. The number of halogens is 1. The van der Waals surface area contributed by atoms with Crippen molar-refractivity contribution in [2.24, 2.45) is 0 Å². The van der Waals surface area contributed by atoms with Gasteiger partial charge < -0.3 is 15.2 Å². The zero-order chi connectivity index (χ0) is 21.3. The van der Waals surface area contributed by atoms with Crippen molar-refractivity contribution in [3.05, 3.63) is 52.1 Å². The number of amides is 2. The maximum absolute atomic E-state index is 13.8. The molecular weight excluding hydrogens is 395 g/mol. The number of carbonyl (C=O) groups is 2. The number of rotatable bonds is 2. The predicted octanol–water partition coefficient (Wildman–Crippen LogP) is 3.71. The number of fused-ring (bicyclic) bond motifs is 3. The molecular formula is C24H25FN4O2. The highest BCUT2D eigenvalue weighted by atomic mass is 19.1. The third kappa shape index (κ3) is 2.72. The number of benzene rings is 1. The zero-order valence-corrected chi connectivity index (χ0v) is 17.5. The van der Waals surface area contributed by atoms with E-state index in [1.54, 1.807) is 12.1 Å². The van der Waals surface area contributed by atoms with Crippen molar-refractivity contribution in [2.45, 2.75) is 44.7 Å². The summed E-state index contributed by atoms with van der Waals surface area (Å²) in [6.45, 7) is 4.85. The van der Waals surface area contributed by atoms with E-state index in [1.165, 1.54) is 25.0 Å². The van der Waals surface area contributed by atoms with E-state index < -0.39 is 0 Å². The molecule has 4 aliphatic heterocycles. The molecule has 2 N–H and O–H groups in total. The van der Waals surface area contributed by atoms with Crippen LogP contribution in [0.25, 0.3) is 11.6 Å². The van der Waals surface area contributed by atoms with E-state index in [1.807, 2.05) is 6.92 Å². The lowest BCUT2D eigenvalue weighted by molar-refractivity contribution is -0.110. The molecule has 0 spiro atoms. The molecule has 2 saturated heterocycles. The quantitative estimate of drug-likeness (QED) is 0.728. The molecule has 2 aromatic rings. The minimum Gasteiger partial charge on any atom is -0.357 e. The Morgan fingerprint density at radius 3 is 2.74 bits per heavy atom. The summed E-state index contributed by atoms with van der Waals surface area (Å²) in [6.07, 6.45) is 6.21. The van der Waals surface area contributed by atoms with E-state index >= 15 is 0 Å². The van der Waals surface area contributed by atoms with Crippen molar-refractivity contribution in [3.8, 4) is 0 Å². The van der Waals surface area contributed by atoms with Gasteiger partial charge >= 0.3 is 0 Å². The van der Waals surface area contributed by atoms with E-state index in [9.17, 15) is 14.0 Å². The number of H-pyrrole nitrogens is 1. The summed E-state index contributed by atoms with van der Waals surface area (Å²) in [5, 5.41) is 2.80. The van der Waals surface area contributed by atoms with Crippen LogP contribution >= 0.6 is 0 Å². The van der Waals surface area contributed by atoms with Crippen LogP contribution in [0.1, 0.15) is 64.6 Å². The largest absolute Gasteiger partial charge is 0.357 e. The Morgan fingerprint density at radius 2 is 1.94 bits per heavy atom. The Labute approximate surface area is 180 Å². The number of aromatic amines is 1. The number of anilines is 1. The second-order valence-electron chi connectivity index (χ2n) is 9.05. The van der Waals surface area contributed by atoms with Gasteiger partial charge in [0, 0.05) is 29.2 Å². The first kappa shape index (κ1) is 18.8. The molecule has 1 aromatic carbocycles. The average Bonchev–Trinajstić information content (AvgIpc) is 3.52. The molecule has 0 bridgehead atoms. The Hall–Kier alpha value is -2.93. The molecule has 5 heterocycles. The summed E-state index contributed by atoms with van der Waals surface area (Å²) >= 11 is 0. The van der Waals surface area contributed by atoms with Gasteiger partial charge in [-0.1, -0.05) is 0 Å². The number of nitrogens with one attached hydrogen (secondary N) is 2. The van der Waals surface area contributed by atoms with Crippen LogP contribution in [0, 0.1) is 12.7 Å². The van der Waals surface area contributed by atoms with Gasteiger partial charge in [0.2, 0.25) is 0 Å². The topological polar surface area (TPSA) is 68.4 Å². The summed E-state index contributed by atoms with van der Waals surface area (Å²) in [6, 6.07) is 4.68. The highest BCUT2D eigenvalue weighted by molar-refractivity contribution is 6.34. The lowest BCUT2D eigenvalue weighted by Gasteiger charge is -2.41. The van der Waals surface area contributed by atoms with Crippen LogP contribution in [0.5, 0.6) is 0 Å². The van der Waals surface area contributed by atoms with Gasteiger partial charge in [-0.05, 0) is 75.5 Å². The van der Waals surface area contributed by atoms with E-state index in [0.717, 1.165) is 55.0 Å². The summed E-state index contributed by atoms with van der Waals surface area (Å²) in [4.78, 5) is 34.1. The molecule has 2 fully saturated rings. The fourth-order valence-corrected chi connectivity index (χ4v) is 5.88. The normalized spacial score (nSPS) is 26.4. The molecule has 31 heavy (non-hydrogen) atoms. The third-order valence-electron chi connectivity index (χ3n) is 7.34. The minimum atomic E-state index is -0.381. The average molecular weight is 420 g/mol. The van der Waals surface area contributed by atoms with Crippen LogP contribution < -0.4 is 5.32 Å². The number of nitrogens with zero attached hydrogens (tertiary/aromatic N) is 2. The van der Waals surface area contributed by atoms with Gasteiger partial charge in [-0.3, -0.25) is 14.5 Å². The second kappa shape index (κ2) is 6.79.